The average molecular weight is 291 g/mol. The lowest BCUT2D eigenvalue weighted by molar-refractivity contribution is 0.124. The maximum Gasteiger partial charge on any atom is 0.175 e. The van der Waals surface area contributed by atoms with Gasteiger partial charge in [0.05, 0.1) is 12.2 Å². The van der Waals surface area contributed by atoms with Gasteiger partial charge in [-0.3, -0.25) is 4.90 Å². The molecule has 4 heteroatoms. The van der Waals surface area contributed by atoms with Crippen LogP contribution >= 0.6 is 12.2 Å². The third kappa shape index (κ3) is 1.84. The Kier molecular flexibility index (Phi) is 3.08. The van der Waals surface area contributed by atoms with Crippen LogP contribution in [-0.4, -0.2) is 40.7 Å². The van der Waals surface area contributed by atoms with Crippen LogP contribution in [0.3, 0.4) is 0 Å². The van der Waals surface area contributed by atoms with E-state index in [0.29, 0.717) is 0 Å². The molecule has 1 saturated heterocycles. The Hall–Kier alpha value is -0.610. The van der Waals surface area contributed by atoms with Crippen molar-refractivity contribution in [3.05, 3.63) is 11.3 Å². The monoisotopic (exact) mass is 291 g/mol. The molecule has 0 aromatic heterocycles. The Morgan fingerprint density at radius 2 is 2.00 bits per heavy atom. The summed E-state index contributed by atoms with van der Waals surface area (Å²) >= 11 is 5.74. The van der Waals surface area contributed by atoms with E-state index in [1.807, 2.05) is 0 Å². The van der Waals surface area contributed by atoms with E-state index in [-0.39, 0.29) is 5.54 Å². The highest BCUT2D eigenvalue weighted by Gasteiger charge is 2.47. The molecule has 2 aliphatic heterocycles. The molecule has 0 aromatic carbocycles. The van der Waals surface area contributed by atoms with Gasteiger partial charge in [0.15, 0.2) is 5.11 Å². The summed E-state index contributed by atoms with van der Waals surface area (Å²) in [5.74, 6) is 0.719. The van der Waals surface area contributed by atoms with Crippen molar-refractivity contribution < 1.29 is 0 Å². The van der Waals surface area contributed by atoms with Crippen molar-refractivity contribution in [1.82, 2.24) is 15.1 Å². The van der Waals surface area contributed by atoms with Crippen LogP contribution in [0.2, 0.25) is 0 Å². The van der Waals surface area contributed by atoms with Crippen LogP contribution in [0.5, 0.6) is 0 Å². The van der Waals surface area contributed by atoms with Crippen LogP contribution in [0.1, 0.15) is 51.4 Å². The second-order valence-electron chi connectivity index (χ2n) is 7.13. The summed E-state index contributed by atoms with van der Waals surface area (Å²) in [6, 6.07) is 0. The molecule has 0 bridgehead atoms. The molecule has 110 valence electrons. The quantitative estimate of drug-likeness (QED) is 0.692. The minimum Gasteiger partial charge on any atom is -0.353 e. The van der Waals surface area contributed by atoms with E-state index in [1.54, 1.807) is 11.3 Å². The van der Waals surface area contributed by atoms with Gasteiger partial charge in [-0.15, -0.1) is 0 Å². The zero-order valence-electron chi connectivity index (χ0n) is 12.5. The van der Waals surface area contributed by atoms with E-state index in [4.69, 9.17) is 12.2 Å². The van der Waals surface area contributed by atoms with Crippen LogP contribution < -0.4 is 5.32 Å². The minimum atomic E-state index is 0.232. The van der Waals surface area contributed by atoms with Gasteiger partial charge in [-0.1, -0.05) is 19.3 Å². The molecule has 1 spiro atoms. The summed E-state index contributed by atoms with van der Waals surface area (Å²) in [6.45, 7) is 2.19. The maximum atomic E-state index is 5.74. The van der Waals surface area contributed by atoms with Crippen molar-refractivity contribution in [3.63, 3.8) is 0 Å². The second kappa shape index (κ2) is 4.70. The molecule has 1 atom stereocenters. The fraction of sp³-hybridized carbons (Fsp3) is 0.812. The van der Waals surface area contributed by atoms with E-state index < -0.39 is 0 Å². The van der Waals surface area contributed by atoms with Gasteiger partial charge in [-0.05, 0) is 56.9 Å². The van der Waals surface area contributed by atoms with Crippen LogP contribution in [0, 0.1) is 5.92 Å². The number of rotatable bonds is 0. The van der Waals surface area contributed by atoms with Crippen LogP contribution in [0.25, 0.3) is 0 Å². The van der Waals surface area contributed by atoms with Gasteiger partial charge >= 0.3 is 0 Å². The highest BCUT2D eigenvalue weighted by Crippen LogP contribution is 2.47. The Balaban J connectivity index is 1.81. The van der Waals surface area contributed by atoms with E-state index in [0.717, 1.165) is 17.7 Å². The SMILES string of the molecule is CN1C[C@H]2CCCC3=C2N(C1)C(=S)NC31CCCCC1. The van der Waals surface area contributed by atoms with E-state index >= 15 is 0 Å². The van der Waals surface area contributed by atoms with Crippen molar-refractivity contribution in [2.24, 2.45) is 5.92 Å². The summed E-state index contributed by atoms with van der Waals surface area (Å²) in [4.78, 5) is 4.82. The molecular weight excluding hydrogens is 266 g/mol. The third-order valence-corrected chi connectivity index (χ3v) is 6.08. The van der Waals surface area contributed by atoms with Gasteiger partial charge in [0.1, 0.15) is 0 Å². The number of fused-ring (bicyclic) bond motifs is 1. The Morgan fingerprint density at radius 1 is 1.20 bits per heavy atom. The molecular formula is C16H25N3S. The largest absolute Gasteiger partial charge is 0.353 e. The first-order valence-corrected chi connectivity index (χ1v) is 8.62. The fourth-order valence-electron chi connectivity index (χ4n) is 4.94. The number of hydrogen-bond donors (Lipinski definition) is 1. The third-order valence-electron chi connectivity index (χ3n) is 5.76. The molecule has 0 radical (unpaired) electrons. The lowest BCUT2D eigenvalue weighted by Crippen LogP contribution is -2.64. The zero-order valence-corrected chi connectivity index (χ0v) is 13.3. The first-order valence-electron chi connectivity index (χ1n) is 8.21. The summed E-state index contributed by atoms with van der Waals surface area (Å²) in [5, 5.41) is 4.77. The first kappa shape index (κ1) is 13.1. The lowest BCUT2D eigenvalue weighted by Gasteiger charge is -2.55. The molecule has 0 amide bonds. The van der Waals surface area contributed by atoms with Gasteiger partial charge in [-0.25, -0.2) is 0 Å². The number of nitrogens with one attached hydrogen (secondary N) is 1. The Morgan fingerprint density at radius 3 is 2.80 bits per heavy atom. The molecule has 4 rings (SSSR count). The van der Waals surface area contributed by atoms with E-state index in [1.165, 1.54) is 57.9 Å². The van der Waals surface area contributed by atoms with Gasteiger partial charge in [0.25, 0.3) is 0 Å². The molecule has 2 aliphatic carbocycles. The summed E-state index contributed by atoms with van der Waals surface area (Å²) in [7, 11) is 2.22. The van der Waals surface area contributed by atoms with Crippen LogP contribution in [0.4, 0.5) is 0 Å². The molecule has 3 nitrogen and oxygen atoms in total. The van der Waals surface area contributed by atoms with Gasteiger partial charge in [0.2, 0.25) is 0 Å². The molecule has 2 fully saturated rings. The summed E-state index contributed by atoms with van der Waals surface area (Å²) in [6.07, 6.45) is 10.7. The minimum absolute atomic E-state index is 0.232. The van der Waals surface area contributed by atoms with E-state index in [9.17, 15) is 0 Å². The number of thiocarbonyl (C=S) groups is 1. The molecule has 20 heavy (non-hydrogen) atoms. The zero-order chi connectivity index (χ0) is 13.7. The van der Waals surface area contributed by atoms with Gasteiger partial charge in [0, 0.05) is 18.2 Å². The Labute approximate surface area is 127 Å². The second-order valence-corrected chi connectivity index (χ2v) is 7.52. The summed E-state index contributed by atoms with van der Waals surface area (Å²) < 4.78 is 0. The highest BCUT2D eigenvalue weighted by atomic mass is 32.1. The summed E-state index contributed by atoms with van der Waals surface area (Å²) in [5.41, 5.74) is 3.59. The van der Waals surface area contributed by atoms with Crippen LogP contribution in [-0.2, 0) is 0 Å². The number of nitrogens with zero attached hydrogens (tertiary/aromatic N) is 2. The van der Waals surface area contributed by atoms with Crippen LogP contribution in [0.15, 0.2) is 11.3 Å². The molecule has 4 aliphatic rings. The molecule has 2 heterocycles. The fourth-order valence-corrected chi connectivity index (χ4v) is 5.29. The Bertz CT molecular complexity index is 464. The average Bonchev–Trinajstić information content (AvgIpc) is 2.45. The topological polar surface area (TPSA) is 18.5 Å². The van der Waals surface area contributed by atoms with Crippen molar-refractivity contribution >= 4 is 17.3 Å². The van der Waals surface area contributed by atoms with Crippen molar-refractivity contribution in [2.45, 2.75) is 56.9 Å². The predicted octanol–water partition coefficient (Wildman–Crippen LogP) is 2.84. The van der Waals surface area contributed by atoms with E-state index in [2.05, 4.69) is 22.2 Å². The molecule has 1 N–H and O–H groups in total. The lowest BCUT2D eigenvalue weighted by atomic mass is 9.68. The van der Waals surface area contributed by atoms with Gasteiger partial charge in [-0.2, -0.15) is 0 Å². The van der Waals surface area contributed by atoms with Crippen molar-refractivity contribution in [3.8, 4) is 0 Å². The first-order chi connectivity index (χ1) is 9.70. The van der Waals surface area contributed by atoms with Crippen molar-refractivity contribution in [2.75, 3.05) is 20.3 Å². The molecule has 0 aromatic rings. The maximum absolute atomic E-state index is 5.74. The smallest absolute Gasteiger partial charge is 0.175 e. The normalized spacial score (nSPS) is 33.1. The highest BCUT2D eigenvalue weighted by molar-refractivity contribution is 7.80. The standard InChI is InChI=1S/C16H25N3S/c1-18-10-12-6-5-7-13-14(12)19(11-18)15(20)17-16(13)8-3-2-4-9-16/h12H,2-11H2,1H3,(H,17,20)/t12-/m1/s1. The molecule has 0 unspecified atom stereocenters. The van der Waals surface area contributed by atoms with Gasteiger partial charge < -0.3 is 10.2 Å². The number of hydrogen-bond acceptors (Lipinski definition) is 2. The molecule has 1 saturated carbocycles. The van der Waals surface area contributed by atoms with Crippen molar-refractivity contribution in [1.29, 1.82) is 0 Å². The predicted molar refractivity (Wildman–Crippen MR) is 85.3 cm³/mol.